The zero-order valence-electron chi connectivity index (χ0n) is 14.4. The van der Waals surface area contributed by atoms with Crippen molar-refractivity contribution in [3.05, 3.63) is 59.7 Å². The van der Waals surface area contributed by atoms with E-state index >= 15 is 0 Å². The number of hydrogen-bond acceptors (Lipinski definition) is 3. The van der Waals surface area contributed by atoms with Crippen LogP contribution >= 0.6 is 0 Å². The largest absolute Gasteiger partial charge is 0.370 e. The smallest absolute Gasteiger partial charge is 0.317 e. The second kappa shape index (κ2) is 7.96. The van der Waals surface area contributed by atoms with Gasteiger partial charge in [0.15, 0.2) is 0 Å². The molecule has 2 amide bonds. The van der Waals surface area contributed by atoms with Gasteiger partial charge in [0.1, 0.15) is 5.82 Å². The van der Waals surface area contributed by atoms with Gasteiger partial charge in [0, 0.05) is 50.3 Å². The van der Waals surface area contributed by atoms with Crippen molar-refractivity contribution in [2.75, 3.05) is 31.1 Å². The van der Waals surface area contributed by atoms with Crippen molar-refractivity contribution in [1.29, 1.82) is 0 Å². The first-order valence-electron chi connectivity index (χ1n) is 8.56. The van der Waals surface area contributed by atoms with Crippen LogP contribution in [0.15, 0.2) is 42.6 Å². The Bertz CT molecular complexity index is 737. The summed E-state index contributed by atoms with van der Waals surface area (Å²) in [6.07, 6.45) is 2.73. The lowest BCUT2D eigenvalue weighted by atomic mass is 10.2. The Morgan fingerprint density at radius 1 is 1.20 bits per heavy atom. The van der Waals surface area contributed by atoms with Crippen molar-refractivity contribution in [1.82, 2.24) is 15.2 Å². The molecular formula is C19H23FN4O. The third-order valence-corrected chi connectivity index (χ3v) is 4.36. The van der Waals surface area contributed by atoms with Crippen LogP contribution in [0.2, 0.25) is 0 Å². The van der Waals surface area contributed by atoms with E-state index in [-0.39, 0.29) is 11.8 Å². The first kappa shape index (κ1) is 17.2. The molecule has 0 radical (unpaired) electrons. The fraction of sp³-hybridized carbons (Fsp3) is 0.368. The Morgan fingerprint density at radius 3 is 2.88 bits per heavy atom. The maximum Gasteiger partial charge on any atom is 0.317 e. The van der Waals surface area contributed by atoms with E-state index in [4.69, 9.17) is 0 Å². The van der Waals surface area contributed by atoms with Gasteiger partial charge >= 0.3 is 6.03 Å². The Kier molecular flexibility index (Phi) is 5.48. The van der Waals surface area contributed by atoms with E-state index in [1.807, 2.05) is 24.1 Å². The standard InChI is InChI=1S/C19H23FN4O/c1-15-12-18(6-7-21-15)23-8-3-9-24(11-10-23)19(25)22-14-16-4-2-5-17(20)13-16/h2,4-7,12-13H,3,8-11,14H2,1H3,(H,22,25). The van der Waals surface area contributed by atoms with Gasteiger partial charge in [-0.1, -0.05) is 12.1 Å². The number of hydrogen-bond donors (Lipinski definition) is 1. The second-order valence-corrected chi connectivity index (χ2v) is 6.27. The van der Waals surface area contributed by atoms with Crippen molar-refractivity contribution in [2.45, 2.75) is 19.9 Å². The van der Waals surface area contributed by atoms with Gasteiger partial charge in [0.05, 0.1) is 0 Å². The average Bonchev–Trinajstić information content (AvgIpc) is 2.86. The lowest BCUT2D eigenvalue weighted by Crippen LogP contribution is -2.41. The summed E-state index contributed by atoms with van der Waals surface area (Å²) < 4.78 is 13.2. The molecule has 0 aliphatic carbocycles. The molecular weight excluding hydrogens is 319 g/mol. The van der Waals surface area contributed by atoms with E-state index in [0.29, 0.717) is 13.1 Å². The minimum atomic E-state index is -0.287. The van der Waals surface area contributed by atoms with Gasteiger partial charge in [-0.25, -0.2) is 9.18 Å². The fourth-order valence-corrected chi connectivity index (χ4v) is 3.04. The lowest BCUT2D eigenvalue weighted by Gasteiger charge is -2.24. The molecule has 0 spiro atoms. The topological polar surface area (TPSA) is 48.5 Å². The zero-order valence-corrected chi connectivity index (χ0v) is 14.4. The number of amides is 2. The Balaban J connectivity index is 1.54. The predicted molar refractivity (Wildman–Crippen MR) is 96.0 cm³/mol. The van der Waals surface area contributed by atoms with Crippen LogP contribution in [0.1, 0.15) is 17.7 Å². The van der Waals surface area contributed by atoms with Gasteiger partial charge in [0.2, 0.25) is 0 Å². The van der Waals surface area contributed by atoms with Gasteiger partial charge < -0.3 is 15.1 Å². The molecule has 0 atom stereocenters. The summed E-state index contributed by atoms with van der Waals surface area (Å²) >= 11 is 0. The lowest BCUT2D eigenvalue weighted by molar-refractivity contribution is 0.201. The van der Waals surface area contributed by atoms with Crippen molar-refractivity contribution >= 4 is 11.7 Å². The van der Waals surface area contributed by atoms with Crippen molar-refractivity contribution in [3.8, 4) is 0 Å². The number of aromatic nitrogens is 1. The average molecular weight is 342 g/mol. The van der Waals surface area contributed by atoms with Gasteiger partial charge in [-0.3, -0.25) is 4.98 Å². The number of nitrogens with zero attached hydrogens (tertiary/aromatic N) is 3. The van der Waals surface area contributed by atoms with Gasteiger partial charge in [-0.2, -0.15) is 0 Å². The molecule has 2 heterocycles. The summed E-state index contributed by atoms with van der Waals surface area (Å²) in [6.45, 7) is 5.40. The maximum atomic E-state index is 13.2. The highest BCUT2D eigenvalue weighted by Gasteiger charge is 2.19. The number of anilines is 1. The molecule has 25 heavy (non-hydrogen) atoms. The number of benzene rings is 1. The van der Waals surface area contributed by atoms with Gasteiger partial charge in [-0.05, 0) is 43.2 Å². The van der Waals surface area contributed by atoms with E-state index in [2.05, 4.69) is 21.3 Å². The Labute approximate surface area is 147 Å². The summed E-state index contributed by atoms with van der Waals surface area (Å²) in [5.74, 6) is -0.287. The molecule has 1 fully saturated rings. The zero-order chi connectivity index (χ0) is 17.6. The molecule has 1 aliphatic heterocycles. The summed E-state index contributed by atoms with van der Waals surface area (Å²) in [5.41, 5.74) is 2.90. The van der Waals surface area contributed by atoms with Crippen LogP contribution in [0.5, 0.6) is 0 Å². The van der Waals surface area contributed by atoms with E-state index in [9.17, 15) is 9.18 Å². The molecule has 1 aliphatic rings. The minimum absolute atomic E-state index is 0.1000. The number of pyridine rings is 1. The summed E-state index contributed by atoms with van der Waals surface area (Å²) in [5, 5.41) is 2.88. The maximum absolute atomic E-state index is 13.2. The van der Waals surface area contributed by atoms with Crippen LogP contribution in [0.3, 0.4) is 0 Å². The third kappa shape index (κ3) is 4.68. The number of carbonyl (C=O) groups is 1. The number of halogens is 1. The van der Waals surface area contributed by atoms with E-state index < -0.39 is 0 Å². The molecule has 6 heteroatoms. The third-order valence-electron chi connectivity index (χ3n) is 4.36. The molecule has 1 aromatic heterocycles. The van der Waals surface area contributed by atoms with Crippen molar-refractivity contribution < 1.29 is 9.18 Å². The fourth-order valence-electron chi connectivity index (χ4n) is 3.04. The SMILES string of the molecule is Cc1cc(N2CCCN(C(=O)NCc3cccc(F)c3)CC2)ccn1. The molecule has 2 aromatic rings. The molecule has 1 saturated heterocycles. The Morgan fingerprint density at radius 2 is 2.08 bits per heavy atom. The van der Waals surface area contributed by atoms with Crippen molar-refractivity contribution in [2.24, 2.45) is 0 Å². The molecule has 1 N–H and O–H groups in total. The number of carbonyl (C=O) groups excluding carboxylic acids is 1. The van der Waals surface area contributed by atoms with Crippen molar-refractivity contribution in [3.63, 3.8) is 0 Å². The minimum Gasteiger partial charge on any atom is -0.370 e. The Hall–Kier alpha value is -2.63. The van der Waals surface area contributed by atoms with E-state index in [0.717, 1.165) is 43.0 Å². The molecule has 0 saturated carbocycles. The molecule has 0 unspecified atom stereocenters. The van der Waals surface area contributed by atoms with Crippen LogP contribution in [-0.4, -0.2) is 42.1 Å². The first-order chi connectivity index (χ1) is 12.1. The monoisotopic (exact) mass is 342 g/mol. The van der Waals surface area contributed by atoms with E-state index in [1.165, 1.54) is 12.1 Å². The quantitative estimate of drug-likeness (QED) is 0.933. The summed E-state index contributed by atoms with van der Waals surface area (Å²) in [7, 11) is 0. The number of aryl methyl sites for hydroxylation is 1. The molecule has 132 valence electrons. The normalized spacial score (nSPS) is 15.0. The van der Waals surface area contributed by atoms with Gasteiger partial charge in [-0.15, -0.1) is 0 Å². The van der Waals surface area contributed by atoms with Crippen LogP contribution in [0.4, 0.5) is 14.9 Å². The molecule has 1 aromatic carbocycles. The highest BCUT2D eigenvalue weighted by molar-refractivity contribution is 5.74. The highest BCUT2D eigenvalue weighted by atomic mass is 19.1. The van der Waals surface area contributed by atoms with Crippen LogP contribution in [0.25, 0.3) is 0 Å². The molecule has 5 nitrogen and oxygen atoms in total. The predicted octanol–water partition coefficient (Wildman–Crippen LogP) is 2.95. The molecule has 3 rings (SSSR count). The molecule has 0 bridgehead atoms. The van der Waals surface area contributed by atoms with Crippen LogP contribution < -0.4 is 10.2 Å². The highest BCUT2D eigenvalue weighted by Crippen LogP contribution is 2.16. The summed E-state index contributed by atoms with van der Waals surface area (Å²) in [6, 6.07) is 10.3. The van der Waals surface area contributed by atoms with Crippen LogP contribution in [-0.2, 0) is 6.54 Å². The van der Waals surface area contributed by atoms with E-state index in [1.54, 1.807) is 12.1 Å². The number of urea groups is 1. The van der Waals surface area contributed by atoms with Gasteiger partial charge in [0.25, 0.3) is 0 Å². The van der Waals surface area contributed by atoms with Crippen LogP contribution in [0, 0.1) is 12.7 Å². The second-order valence-electron chi connectivity index (χ2n) is 6.27. The first-order valence-corrected chi connectivity index (χ1v) is 8.56. The number of rotatable bonds is 3. The number of nitrogens with one attached hydrogen (secondary N) is 1. The summed E-state index contributed by atoms with van der Waals surface area (Å²) in [4.78, 5) is 20.7.